The van der Waals surface area contributed by atoms with E-state index >= 15 is 0 Å². The molecule has 0 bridgehead atoms. The third-order valence-electron chi connectivity index (χ3n) is 3.13. The molecule has 1 amide bonds. The van der Waals surface area contributed by atoms with E-state index in [1.165, 1.54) is 11.8 Å². The molecule has 2 heterocycles. The maximum absolute atomic E-state index is 11.5. The van der Waals surface area contributed by atoms with Gasteiger partial charge in [0.2, 0.25) is 5.16 Å². The van der Waals surface area contributed by atoms with E-state index in [0.717, 1.165) is 16.6 Å². The molecule has 0 aliphatic carbocycles. The SMILES string of the molecule is CSc1nnc(C(N)=O)c(Nc2cccc3c2cnn3C)n1. The highest BCUT2D eigenvalue weighted by molar-refractivity contribution is 7.98. The van der Waals surface area contributed by atoms with Gasteiger partial charge in [-0.05, 0) is 18.4 Å². The number of nitrogens with one attached hydrogen (secondary N) is 1. The first-order valence-electron chi connectivity index (χ1n) is 6.36. The highest BCUT2D eigenvalue weighted by Crippen LogP contribution is 2.26. The number of aromatic nitrogens is 5. The van der Waals surface area contributed by atoms with Crippen molar-refractivity contribution in [2.45, 2.75) is 5.16 Å². The van der Waals surface area contributed by atoms with E-state index in [9.17, 15) is 4.79 Å². The second kappa shape index (κ2) is 5.60. The van der Waals surface area contributed by atoms with Gasteiger partial charge in [-0.15, -0.1) is 10.2 Å². The first kappa shape index (κ1) is 14.3. The number of aryl methyl sites for hydroxylation is 1. The zero-order valence-corrected chi connectivity index (χ0v) is 12.8. The van der Waals surface area contributed by atoms with E-state index < -0.39 is 5.91 Å². The summed E-state index contributed by atoms with van der Waals surface area (Å²) in [6.07, 6.45) is 3.57. The molecule has 0 unspecified atom stereocenters. The lowest BCUT2D eigenvalue weighted by Gasteiger charge is -2.09. The minimum atomic E-state index is -0.687. The van der Waals surface area contributed by atoms with Gasteiger partial charge >= 0.3 is 0 Å². The van der Waals surface area contributed by atoms with Crippen molar-refractivity contribution in [1.29, 1.82) is 0 Å². The Morgan fingerprint density at radius 1 is 1.36 bits per heavy atom. The maximum Gasteiger partial charge on any atom is 0.273 e. The number of anilines is 2. The number of hydrogen-bond donors (Lipinski definition) is 2. The van der Waals surface area contributed by atoms with Crippen LogP contribution in [-0.2, 0) is 7.05 Å². The number of amides is 1. The number of rotatable bonds is 4. The smallest absolute Gasteiger partial charge is 0.273 e. The van der Waals surface area contributed by atoms with E-state index in [1.807, 2.05) is 31.5 Å². The summed E-state index contributed by atoms with van der Waals surface area (Å²) in [5, 5.41) is 16.4. The molecule has 3 N–H and O–H groups in total. The van der Waals surface area contributed by atoms with Crippen LogP contribution in [-0.4, -0.2) is 37.1 Å². The molecule has 0 saturated carbocycles. The van der Waals surface area contributed by atoms with Gasteiger partial charge in [-0.2, -0.15) is 5.10 Å². The van der Waals surface area contributed by atoms with Crippen LogP contribution in [0.4, 0.5) is 11.5 Å². The summed E-state index contributed by atoms with van der Waals surface area (Å²) < 4.78 is 1.76. The summed E-state index contributed by atoms with van der Waals surface area (Å²) in [7, 11) is 1.86. The number of nitrogens with zero attached hydrogens (tertiary/aromatic N) is 5. The van der Waals surface area contributed by atoms with Crippen molar-refractivity contribution in [3.63, 3.8) is 0 Å². The van der Waals surface area contributed by atoms with Crippen LogP contribution >= 0.6 is 11.8 Å². The third kappa shape index (κ3) is 2.46. The molecule has 0 atom stereocenters. The van der Waals surface area contributed by atoms with Crippen molar-refractivity contribution in [2.75, 3.05) is 11.6 Å². The van der Waals surface area contributed by atoms with Gasteiger partial charge in [0, 0.05) is 12.4 Å². The summed E-state index contributed by atoms with van der Waals surface area (Å²) >= 11 is 1.33. The Morgan fingerprint density at radius 2 is 2.18 bits per heavy atom. The third-order valence-corrected chi connectivity index (χ3v) is 3.67. The van der Waals surface area contributed by atoms with Crippen LogP contribution in [0.1, 0.15) is 10.5 Å². The van der Waals surface area contributed by atoms with E-state index in [0.29, 0.717) is 5.16 Å². The molecule has 2 aromatic heterocycles. The normalized spacial score (nSPS) is 10.8. The van der Waals surface area contributed by atoms with E-state index in [2.05, 4.69) is 25.6 Å². The van der Waals surface area contributed by atoms with Crippen LogP contribution < -0.4 is 11.1 Å². The molecular formula is C13H13N7OS. The molecule has 0 fully saturated rings. The van der Waals surface area contributed by atoms with Crippen molar-refractivity contribution in [3.05, 3.63) is 30.1 Å². The molecule has 0 radical (unpaired) electrons. The molecule has 0 saturated heterocycles. The standard InChI is InChI=1S/C13H13N7OS/c1-20-9-5-3-4-8(7(9)6-15-20)16-12-10(11(14)21)18-19-13(17-12)22-2/h3-6H,1-2H3,(H2,14,21)(H,16,17,19). The Labute approximate surface area is 130 Å². The number of primary amides is 1. The number of carbonyl (C=O) groups is 1. The second-order valence-corrected chi connectivity index (χ2v) is 5.26. The fourth-order valence-corrected chi connectivity index (χ4v) is 2.37. The summed E-state index contributed by atoms with van der Waals surface area (Å²) in [5.74, 6) is -0.406. The lowest BCUT2D eigenvalue weighted by atomic mass is 10.2. The zero-order chi connectivity index (χ0) is 15.7. The van der Waals surface area contributed by atoms with Gasteiger partial charge in [0.05, 0.1) is 17.4 Å². The van der Waals surface area contributed by atoms with E-state index in [4.69, 9.17) is 5.73 Å². The van der Waals surface area contributed by atoms with Crippen molar-refractivity contribution in [2.24, 2.45) is 12.8 Å². The molecule has 1 aromatic carbocycles. The monoisotopic (exact) mass is 315 g/mol. The largest absolute Gasteiger partial charge is 0.364 e. The maximum atomic E-state index is 11.5. The van der Waals surface area contributed by atoms with Gasteiger partial charge in [-0.1, -0.05) is 17.8 Å². The van der Waals surface area contributed by atoms with Crippen molar-refractivity contribution >= 4 is 40.1 Å². The van der Waals surface area contributed by atoms with E-state index in [-0.39, 0.29) is 11.5 Å². The zero-order valence-electron chi connectivity index (χ0n) is 11.9. The Bertz CT molecular complexity index is 861. The highest BCUT2D eigenvalue weighted by Gasteiger charge is 2.15. The molecule has 3 rings (SSSR count). The molecular weight excluding hydrogens is 302 g/mol. The fourth-order valence-electron chi connectivity index (χ4n) is 2.06. The van der Waals surface area contributed by atoms with Crippen molar-refractivity contribution < 1.29 is 4.79 Å². The van der Waals surface area contributed by atoms with Crippen LogP contribution in [0.3, 0.4) is 0 Å². The summed E-state index contributed by atoms with van der Waals surface area (Å²) in [5.41, 5.74) is 7.05. The molecule has 112 valence electrons. The Balaban J connectivity index is 2.09. The second-order valence-electron chi connectivity index (χ2n) is 4.49. The van der Waals surface area contributed by atoms with Crippen LogP contribution in [0.5, 0.6) is 0 Å². The lowest BCUT2D eigenvalue weighted by Crippen LogP contribution is -2.17. The van der Waals surface area contributed by atoms with Gasteiger partial charge in [0.25, 0.3) is 5.91 Å². The number of carbonyl (C=O) groups excluding carboxylic acids is 1. The number of thioether (sulfide) groups is 1. The van der Waals surface area contributed by atoms with E-state index in [1.54, 1.807) is 10.9 Å². The van der Waals surface area contributed by atoms with Gasteiger partial charge in [0.15, 0.2) is 11.5 Å². The molecule has 0 aliphatic rings. The average Bonchev–Trinajstić information content (AvgIpc) is 2.89. The summed E-state index contributed by atoms with van der Waals surface area (Å²) in [6.45, 7) is 0. The molecule has 3 aromatic rings. The lowest BCUT2D eigenvalue weighted by molar-refractivity contribution is 0.0995. The Morgan fingerprint density at radius 3 is 2.91 bits per heavy atom. The minimum absolute atomic E-state index is 0.00121. The molecule has 9 heteroatoms. The Hall–Kier alpha value is -2.68. The first-order valence-corrected chi connectivity index (χ1v) is 7.59. The Kier molecular flexibility index (Phi) is 3.63. The first-order chi connectivity index (χ1) is 10.6. The molecule has 8 nitrogen and oxygen atoms in total. The van der Waals surface area contributed by atoms with Gasteiger partial charge in [-0.3, -0.25) is 9.48 Å². The predicted octanol–water partition coefficient (Wildman–Crippen LogP) is 1.32. The van der Waals surface area contributed by atoms with Crippen LogP contribution in [0.15, 0.2) is 29.6 Å². The number of nitrogens with two attached hydrogens (primary N) is 1. The average molecular weight is 315 g/mol. The quantitative estimate of drug-likeness (QED) is 0.698. The fraction of sp³-hybridized carbons (Fsp3) is 0.154. The molecule has 0 aliphatic heterocycles. The van der Waals surface area contributed by atoms with Crippen molar-refractivity contribution in [3.8, 4) is 0 Å². The van der Waals surface area contributed by atoms with Crippen LogP contribution in [0.25, 0.3) is 10.9 Å². The number of benzene rings is 1. The van der Waals surface area contributed by atoms with Crippen LogP contribution in [0.2, 0.25) is 0 Å². The summed E-state index contributed by atoms with van der Waals surface area (Å²) in [4.78, 5) is 15.8. The topological polar surface area (TPSA) is 112 Å². The van der Waals surface area contributed by atoms with Gasteiger partial charge < -0.3 is 11.1 Å². The highest BCUT2D eigenvalue weighted by atomic mass is 32.2. The number of hydrogen-bond acceptors (Lipinski definition) is 7. The van der Waals surface area contributed by atoms with Gasteiger partial charge in [0.1, 0.15) is 0 Å². The number of fused-ring (bicyclic) bond motifs is 1. The van der Waals surface area contributed by atoms with Gasteiger partial charge in [-0.25, -0.2) is 4.98 Å². The predicted molar refractivity (Wildman–Crippen MR) is 84.1 cm³/mol. The van der Waals surface area contributed by atoms with Crippen LogP contribution in [0, 0.1) is 0 Å². The minimum Gasteiger partial charge on any atom is -0.364 e. The van der Waals surface area contributed by atoms with Crippen molar-refractivity contribution in [1.82, 2.24) is 25.0 Å². The summed E-state index contributed by atoms with van der Waals surface area (Å²) in [6, 6.07) is 5.71. The molecule has 22 heavy (non-hydrogen) atoms. The molecule has 0 spiro atoms.